The van der Waals surface area contributed by atoms with Crippen LogP contribution in [0.4, 0.5) is 0 Å². The smallest absolute Gasteiger partial charge is 0.356 e. The molecule has 0 aliphatic heterocycles. The van der Waals surface area contributed by atoms with Crippen molar-refractivity contribution in [3.05, 3.63) is 24.0 Å². The zero-order valence-corrected chi connectivity index (χ0v) is 6.83. The van der Waals surface area contributed by atoms with E-state index in [0.717, 1.165) is 0 Å². The molecular weight excluding hydrogens is 156 g/mol. The molecule has 1 aromatic rings. The second kappa shape index (κ2) is 3.71. The molecule has 4 heteroatoms. The number of ether oxygens (including phenoxy) is 1. The Morgan fingerprint density at radius 2 is 2.67 bits per heavy atom. The molecule has 0 spiro atoms. The minimum Gasteiger partial charge on any atom is -0.461 e. The van der Waals surface area contributed by atoms with Crippen LogP contribution in [0.1, 0.15) is 23.0 Å². The Hall–Kier alpha value is -1.58. The summed E-state index contributed by atoms with van der Waals surface area (Å²) in [4.78, 5) is 11.1. The van der Waals surface area contributed by atoms with Crippen molar-refractivity contribution in [3.63, 3.8) is 0 Å². The first-order chi connectivity index (χ1) is 5.79. The molecule has 0 amide bonds. The maximum atomic E-state index is 11.1. The average molecular weight is 166 g/mol. The van der Waals surface area contributed by atoms with Gasteiger partial charge in [-0.25, -0.2) is 4.79 Å². The number of hydrogen-bond acceptors (Lipinski definition) is 3. The Kier molecular flexibility index (Phi) is 2.63. The Labute approximate surface area is 70.2 Å². The number of nitrogens with zero attached hydrogens (tertiary/aromatic N) is 1. The second-order valence-electron chi connectivity index (χ2n) is 2.12. The lowest BCUT2D eigenvalue weighted by Crippen LogP contribution is -2.06. The first-order valence-electron chi connectivity index (χ1n) is 3.62. The third kappa shape index (κ3) is 1.53. The van der Waals surface area contributed by atoms with Gasteiger partial charge in [0.15, 0.2) is 5.69 Å². The number of carbonyl (C=O) groups excluding carboxylic acids is 1. The van der Waals surface area contributed by atoms with Crippen molar-refractivity contribution < 1.29 is 9.53 Å². The lowest BCUT2D eigenvalue weighted by molar-refractivity contribution is 0.0519. The first kappa shape index (κ1) is 8.52. The average Bonchev–Trinajstić information content (AvgIpc) is 2.51. The van der Waals surface area contributed by atoms with Gasteiger partial charge in [-0.15, -0.1) is 0 Å². The molecule has 1 N–H and O–H groups in total. The lowest BCUT2D eigenvalue weighted by atomic mass is 10.2. The summed E-state index contributed by atoms with van der Waals surface area (Å²) < 4.78 is 4.77. The molecule has 1 heterocycles. The molecule has 0 fully saturated rings. The highest BCUT2D eigenvalue weighted by Crippen LogP contribution is 2.06. The number of hydrogen-bond donors (Lipinski definition) is 1. The first-order valence-corrected chi connectivity index (χ1v) is 3.62. The molecule has 0 saturated heterocycles. The van der Waals surface area contributed by atoms with E-state index in [2.05, 4.69) is 16.8 Å². The van der Waals surface area contributed by atoms with Crippen molar-refractivity contribution in [2.45, 2.75) is 6.92 Å². The van der Waals surface area contributed by atoms with Crippen molar-refractivity contribution in [3.8, 4) is 0 Å². The largest absolute Gasteiger partial charge is 0.461 e. The summed E-state index contributed by atoms with van der Waals surface area (Å²) in [5.41, 5.74) is 1.01. The predicted molar refractivity (Wildman–Crippen MR) is 44.6 cm³/mol. The summed E-state index contributed by atoms with van der Waals surface area (Å²) in [5.74, 6) is -0.398. The molecule has 0 aliphatic rings. The van der Waals surface area contributed by atoms with Crippen LogP contribution in [-0.4, -0.2) is 22.8 Å². The normalized spacial score (nSPS) is 9.42. The Balaban J connectivity index is 2.86. The topological polar surface area (TPSA) is 55.0 Å². The molecule has 0 aliphatic carbocycles. The fourth-order valence-electron chi connectivity index (χ4n) is 0.817. The van der Waals surface area contributed by atoms with Crippen molar-refractivity contribution in [2.75, 3.05) is 6.61 Å². The van der Waals surface area contributed by atoms with Crippen LogP contribution in [0.3, 0.4) is 0 Å². The SMILES string of the molecule is C=Cc1cn[nH]c1C(=O)OCC. The summed E-state index contributed by atoms with van der Waals surface area (Å²) in [5, 5.41) is 6.24. The van der Waals surface area contributed by atoms with Gasteiger partial charge in [0.2, 0.25) is 0 Å². The standard InChI is InChI=1S/C8H10N2O2/c1-3-6-5-9-10-7(6)8(11)12-4-2/h3,5H,1,4H2,2H3,(H,9,10). The molecule has 4 nitrogen and oxygen atoms in total. The summed E-state index contributed by atoms with van der Waals surface area (Å²) in [6.45, 7) is 5.65. The molecule has 0 radical (unpaired) electrons. The number of aromatic nitrogens is 2. The van der Waals surface area contributed by atoms with E-state index in [-0.39, 0.29) is 0 Å². The molecule has 0 aromatic carbocycles. The fraction of sp³-hybridized carbons (Fsp3) is 0.250. The van der Waals surface area contributed by atoms with Gasteiger partial charge in [0, 0.05) is 5.56 Å². The van der Waals surface area contributed by atoms with Gasteiger partial charge in [-0.2, -0.15) is 5.10 Å². The third-order valence-electron chi connectivity index (χ3n) is 1.37. The number of nitrogens with one attached hydrogen (secondary N) is 1. The van der Waals surface area contributed by atoms with E-state index >= 15 is 0 Å². The predicted octanol–water partition coefficient (Wildman–Crippen LogP) is 1.23. The van der Waals surface area contributed by atoms with Gasteiger partial charge in [0.25, 0.3) is 0 Å². The van der Waals surface area contributed by atoms with Gasteiger partial charge >= 0.3 is 5.97 Å². The minimum absolute atomic E-state index is 0.354. The van der Waals surface area contributed by atoms with Gasteiger partial charge in [-0.3, -0.25) is 5.10 Å². The van der Waals surface area contributed by atoms with Gasteiger partial charge in [-0.05, 0) is 6.92 Å². The maximum Gasteiger partial charge on any atom is 0.356 e. The summed E-state index contributed by atoms with van der Waals surface area (Å²) in [6, 6.07) is 0. The van der Waals surface area contributed by atoms with Crippen molar-refractivity contribution in [1.29, 1.82) is 0 Å². The van der Waals surface area contributed by atoms with Crippen LogP contribution in [0.2, 0.25) is 0 Å². The van der Waals surface area contributed by atoms with E-state index in [9.17, 15) is 4.79 Å². The highest BCUT2D eigenvalue weighted by Gasteiger charge is 2.11. The van der Waals surface area contributed by atoms with Crippen LogP contribution in [0.25, 0.3) is 6.08 Å². The van der Waals surface area contributed by atoms with E-state index in [1.807, 2.05) is 0 Å². The number of H-pyrrole nitrogens is 1. The van der Waals surface area contributed by atoms with Crippen molar-refractivity contribution >= 4 is 12.0 Å². The number of rotatable bonds is 3. The van der Waals surface area contributed by atoms with Gasteiger partial charge in [-0.1, -0.05) is 12.7 Å². The third-order valence-corrected chi connectivity index (χ3v) is 1.37. The zero-order chi connectivity index (χ0) is 8.97. The van der Waals surface area contributed by atoms with Gasteiger partial charge in [0.05, 0.1) is 12.8 Å². The summed E-state index contributed by atoms with van der Waals surface area (Å²) in [7, 11) is 0. The quantitative estimate of drug-likeness (QED) is 0.687. The van der Waals surface area contributed by atoms with E-state index in [1.54, 1.807) is 13.0 Å². The van der Waals surface area contributed by atoms with Crippen molar-refractivity contribution in [1.82, 2.24) is 10.2 Å². The van der Waals surface area contributed by atoms with E-state index in [4.69, 9.17) is 4.74 Å². The van der Waals surface area contributed by atoms with Crippen LogP contribution >= 0.6 is 0 Å². The molecule has 0 saturated carbocycles. The monoisotopic (exact) mass is 166 g/mol. The Morgan fingerprint density at radius 3 is 3.25 bits per heavy atom. The lowest BCUT2D eigenvalue weighted by Gasteiger charge is -1.98. The van der Waals surface area contributed by atoms with E-state index in [1.165, 1.54) is 6.20 Å². The highest BCUT2D eigenvalue weighted by atomic mass is 16.5. The molecule has 12 heavy (non-hydrogen) atoms. The molecule has 64 valence electrons. The van der Waals surface area contributed by atoms with Crippen LogP contribution < -0.4 is 0 Å². The molecule has 0 bridgehead atoms. The molecule has 0 atom stereocenters. The van der Waals surface area contributed by atoms with Gasteiger partial charge < -0.3 is 4.74 Å². The number of esters is 1. The second-order valence-corrected chi connectivity index (χ2v) is 2.12. The molecule has 0 unspecified atom stereocenters. The Morgan fingerprint density at radius 1 is 1.92 bits per heavy atom. The van der Waals surface area contributed by atoms with Crippen LogP contribution in [-0.2, 0) is 4.74 Å². The zero-order valence-electron chi connectivity index (χ0n) is 6.83. The van der Waals surface area contributed by atoms with E-state index < -0.39 is 5.97 Å². The van der Waals surface area contributed by atoms with Crippen LogP contribution in [0, 0.1) is 0 Å². The van der Waals surface area contributed by atoms with Gasteiger partial charge in [0.1, 0.15) is 0 Å². The van der Waals surface area contributed by atoms with Crippen LogP contribution in [0.15, 0.2) is 12.8 Å². The molecule has 1 aromatic heterocycles. The fourth-order valence-corrected chi connectivity index (χ4v) is 0.817. The molecular formula is C8H10N2O2. The maximum absolute atomic E-state index is 11.1. The summed E-state index contributed by atoms with van der Waals surface area (Å²) in [6.07, 6.45) is 3.08. The number of aromatic amines is 1. The Bertz CT molecular complexity index is 291. The van der Waals surface area contributed by atoms with Crippen molar-refractivity contribution in [2.24, 2.45) is 0 Å². The highest BCUT2D eigenvalue weighted by molar-refractivity contribution is 5.91. The van der Waals surface area contributed by atoms with E-state index in [0.29, 0.717) is 17.9 Å². The molecule has 1 rings (SSSR count). The van der Waals surface area contributed by atoms with Crippen LogP contribution in [0.5, 0.6) is 0 Å². The number of carbonyl (C=O) groups is 1. The summed E-state index contributed by atoms with van der Waals surface area (Å²) >= 11 is 0. The minimum atomic E-state index is -0.398.